The third-order valence-corrected chi connectivity index (χ3v) is 4.63. The van der Waals surface area contributed by atoms with E-state index in [2.05, 4.69) is 5.32 Å². The Bertz CT molecular complexity index is 924. The topological polar surface area (TPSA) is 38.3 Å². The van der Waals surface area contributed by atoms with Gasteiger partial charge in [0.25, 0.3) is 5.91 Å². The van der Waals surface area contributed by atoms with Gasteiger partial charge in [0.2, 0.25) is 0 Å². The second-order valence-corrected chi connectivity index (χ2v) is 6.09. The Balaban J connectivity index is 2.01. The molecule has 0 radical (unpaired) electrons. The standard InChI is InChI=1S/C17H12F3NO2S/c1-23-8-10-15-12(19)3-2-4-14(15)24-16(10)17(22)21-9-5-6-11(18)13(20)7-9/h2-7H,8H2,1H3,(H,21,22). The van der Waals surface area contributed by atoms with Crippen LogP contribution in [0.25, 0.3) is 10.1 Å². The van der Waals surface area contributed by atoms with Crippen LogP contribution < -0.4 is 5.32 Å². The van der Waals surface area contributed by atoms with Gasteiger partial charge < -0.3 is 10.1 Å². The molecule has 3 nitrogen and oxygen atoms in total. The predicted molar refractivity (Wildman–Crippen MR) is 86.8 cm³/mol. The van der Waals surface area contributed by atoms with Crippen molar-refractivity contribution in [3.8, 4) is 0 Å². The minimum absolute atomic E-state index is 0.0570. The fraction of sp³-hybridized carbons (Fsp3) is 0.118. The zero-order valence-electron chi connectivity index (χ0n) is 12.5. The van der Waals surface area contributed by atoms with Crippen LogP contribution in [0.2, 0.25) is 0 Å². The van der Waals surface area contributed by atoms with Gasteiger partial charge >= 0.3 is 0 Å². The van der Waals surface area contributed by atoms with Gasteiger partial charge in [0.05, 0.1) is 11.5 Å². The van der Waals surface area contributed by atoms with E-state index in [9.17, 15) is 18.0 Å². The summed E-state index contributed by atoms with van der Waals surface area (Å²) in [4.78, 5) is 12.8. The average molecular weight is 351 g/mol. The molecular formula is C17H12F3NO2S. The number of methoxy groups -OCH3 is 1. The number of halogens is 3. The summed E-state index contributed by atoms with van der Waals surface area (Å²) in [5, 5.41) is 2.83. The van der Waals surface area contributed by atoms with Crippen LogP contribution in [0.4, 0.5) is 18.9 Å². The van der Waals surface area contributed by atoms with E-state index >= 15 is 0 Å². The van der Waals surface area contributed by atoms with Gasteiger partial charge in [0, 0.05) is 34.5 Å². The largest absolute Gasteiger partial charge is 0.380 e. The van der Waals surface area contributed by atoms with Crippen molar-refractivity contribution in [1.82, 2.24) is 0 Å². The lowest BCUT2D eigenvalue weighted by Crippen LogP contribution is -2.13. The maximum Gasteiger partial charge on any atom is 0.266 e. The van der Waals surface area contributed by atoms with E-state index < -0.39 is 23.4 Å². The monoisotopic (exact) mass is 351 g/mol. The van der Waals surface area contributed by atoms with Gasteiger partial charge in [0.1, 0.15) is 5.82 Å². The molecule has 3 aromatic rings. The molecule has 0 bridgehead atoms. The summed E-state index contributed by atoms with van der Waals surface area (Å²) in [6.45, 7) is 0.0570. The number of hydrogen-bond donors (Lipinski definition) is 1. The highest BCUT2D eigenvalue weighted by Crippen LogP contribution is 2.34. The smallest absolute Gasteiger partial charge is 0.266 e. The normalized spacial score (nSPS) is 11.0. The van der Waals surface area contributed by atoms with E-state index in [4.69, 9.17) is 4.74 Å². The molecule has 0 spiro atoms. The lowest BCUT2D eigenvalue weighted by Gasteiger charge is -2.07. The molecule has 1 heterocycles. The highest BCUT2D eigenvalue weighted by atomic mass is 32.1. The summed E-state index contributed by atoms with van der Waals surface area (Å²) in [5.41, 5.74) is 0.538. The fourth-order valence-corrected chi connectivity index (χ4v) is 3.51. The van der Waals surface area contributed by atoms with Gasteiger partial charge in [0.15, 0.2) is 11.6 Å². The van der Waals surface area contributed by atoms with Crippen molar-refractivity contribution < 1.29 is 22.7 Å². The molecular weight excluding hydrogens is 339 g/mol. The van der Waals surface area contributed by atoms with Crippen LogP contribution in [-0.4, -0.2) is 13.0 Å². The van der Waals surface area contributed by atoms with Gasteiger partial charge in [-0.15, -0.1) is 11.3 Å². The van der Waals surface area contributed by atoms with Gasteiger partial charge in [-0.25, -0.2) is 13.2 Å². The van der Waals surface area contributed by atoms with E-state index in [-0.39, 0.29) is 17.2 Å². The number of anilines is 1. The number of benzene rings is 2. The van der Waals surface area contributed by atoms with Crippen molar-refractivity contribution in [2.24, 2.45) is 0 Å². The first-order valence-corrected chi connectivity index (χ1v) is 7.78. The second kappa shape index (κ2) is 6.62. The summed E-state index contributed by atoms with van der Waals surface area (Å²) in [5.74, 6) is -3.04. The Labute approximate surface area is 139 Å². The van der Waals surface area contributed by atoms with Crippen LogP contribution in [0.1, 0.15) is 15.2 Å². The van der Waals surface area contributed by atoms with Crippen LogP contribution in [0.5, 0.6) is 0 Å². The second-order valence-electron chi connectivity index (χ2n) is 5.04. The highest BCUT2D eigenvalue weighted by molar-refractivity contribution is 7.21. The first-order chi connectivity index (χ1) is 11.5. The summed E-state index contributed by atoms with van der Waals surface area (Å²) in [7, 11) is 1.45. The molecule has 0 saturated heterocycles. The number of amides is 1. The molecule has 0 saturated carbocycles. The number of thiophene rings is 1. The molecule has 1 aromatic heterocycles. The molecule has 2 aromatic carbocycles. The Kier molecular flexibility index (Phi) is 4.55. The fourth-order valence-electron chi connectivity index (χ4n) is 2.39. The molecule has 3 rings (SSSR count). The number of fused-ring (bicyclic) bond motifs is 1. The minimum Gasteiger partial charge on any atom is -0.380 e. The molecule has 0 fully saturated rings. The maximum atomic E-state index is 14.1. The third kappa shape index (κ3) is 3.00. The molecule has 24 heavy (non-hydrogen) atoms. The molecule has 0 atom stereocenters. The summed E-state index contributed by atoms with van der Waals surface area (Å²) >= 11 is 1.11. The van der Waals surface area contributed by atoms with Crippen LogP contribution in [0.3, 0.4) is 0 Å². The zero-order chi connectivity index (χ0) is 17.3. The Morgan fingerprint density at radius 3 is 2.62 bits per heavy atom. The number of rotatable bonds is 4. The molecule has 0 aliphatic rings. The number of carbonyl (C=O) groups is 1. The van der Waals surface area contributed by atoms with Gasteiger partial charge in [-0.05, 0) is 24.3 Å². The Morgan fingerprint density at radius 1 is 1.12 bits per heavy atom. The van der Waals surface area contributed by atoms with E-state index in [1.54, 1.807) is 12.1 Å². The molecule has 7 heteroatoms. The maximum absolute atomic E-state index is 14.1. The number of nitrogens with one attached hydrogen (secondary N) is 1. The quantitative estimate of drug-likeness (QED) is 0.739. The molecule has 0 aliphatic heterocycles. The first-order valence-electron chi connectivity index (χ1n) is 6.96. The van der Waals surface area contributed by atoms with E-state index in [1.807, 2.05) is 0 Å². The zero-order valence-corrected chi connectivity index (χ0v) is 13.3. The summed E-state index contributed by atoms with van der Waals surface area (Å²) in [6, 6.07) is 7.63. The van der Waals surface area contributed by atoms with Crippen molar-refractivity contribution in [3.63, 3.8) is 0 Å². The lowest BCUT2D eigenvalue weighted by molar-refractivity contribution is 0.102. The first kappa shape index (κ1) is 16.5. The van der Waals surface area contributed by atoms with Crippen molar-refractivity contribution >= 4 is 33.0 Å². The van der Waals surface area contributed by atoms with Crippen molar-refractivity contribution in [2.45, 2.75) is 6.61 Å². The van der Waals surface area contributed by atoms with Crippen molar-refractivity contribution in [3.05, 3.63) is 64.3 Å². The van der Waals surface area contributed by atoms with E-state index in [0.717, 1.165) is 23.5 Å². The Hall–Kier alpha value is -2.38. The molecule has 0 aliphatic carbocycles. The Morgan fingerprint density at radius 2 is 1.92 bits per heavy atom. The van der Waals surface area contributed by atoms with Crippen LogP contribution >= 0.6 is 11.3 Å². The van der Waals surface area contributed by atoms with Crippen LogP contribution in [0.15, 0.2) is 36.4 Å². The number of ether oxygens (including phenoxy) is 1. The number of carbonyl (C=O) groups excluding carboxylic acids is 1. The van der Waals surface area contributed by atoms with Gasteiger partial charge in [-0.3, -0.25) is 4.79 Å². The van der Waals surface area contributed by atoms with Crippen molar-refractivity contribution in [2.75, 3.05) is 12.4 Å². The van der Waals surface area contributed by atoms with E-state index in [0.29, 0.717) is 15.6 Å². The van der Waals surface area contributed by atoms with Gasteiger partial charge in [-0.1, -0.05) is 6.07 Å². The predicted octanol–water partition coefficient (Wildman–Crippen LogP) is 4.72. The van der Waals surface area contributed by atoms with Gasteiger partial charge in [-0.2, -0.15) is 0 Å². The third-order valence-electron chi connectivity index (χ3n) is 3.44. The average Bonchev–Trinajstić information content (AvgIpc) is 2.91. The molecule has 1 amide bonds. The number of hydrogen-bond acceptors (Lipinski definition) is 3. The minimum atomic E-state index is -1.06. The van der Waals surface area contributed by atoms with Crippen LogP contribution in [-0.2, 0) is 11.3 Å². The lowest BCUT2D eigenvalue weighted by atomic mass is 10.1. The van der Waals surface area contributed by atoms with E-state index in [1.165, 1.54) is 19.2 Å². The molecule has 0 unspecified atom stereocenters. The van der Waals surface area contributed by atoms with Crippen LogP contribution in [0, 0.1) is 17.5 Å². The highest BCUT2D eigenvalue weighted by Gasteiger charge is 2.21. The van der Waals surface area contributed by atoms with Crippen molar-refractivity contribution in [1.29, 1.82) is 0 Å². The molecule has 1 N–H and O–H groups in total. The molecule has 124 valence electrons. The SMILES string of the molecule is COCc1c(C(=O)Nc2ccc(F)c(F)c2)sc2cccc(F)c12. The summed E-state index contributed by atoms with van der Waals surface area (Å²) < 4.78 is 46.0. The summed E-state index contributed by atoms with van der Waals surface area (Å²) in [6.07, 6.45) is 0.